The minimum absolute atomic E-state index is 0.322. The zero-order valence-corrected chi connectivity index (χ0v) is 11.8. The van der Waals surface area contributed by atoms with Crippen molar-refractivity contribution >= 4 is 11.9 Å². The minimum Gasteiger partial charge on any atom is -0.463 e. The highest BCUT2D eigenvalue weighted by Gasteiger charge is 2.34. The molecule has 0 saturated heterocycles. The fourth-order valence-corrected chi connectivity index (χ4v) is 2.42. The summed E-state index contributed by atoms with van der Waals surface area (Å²) < 4.78 is 6.86. The Hall–Kier alpha value is -2.70. The largest absolute Gasteiger partial charge is 0.463 e. The normalized spacial score (nSPS) is 17.1. The Morgan fingerprint density at radius 3 is 2.90 bits per heavy atom. The van der Waals surface area contributed by atoms with Gasteiger partial charge in [-0.25, -0.2) is 9.48 Å². The van der Waals surface area contributed by atoms with Crippen LogP contribution in [0.3, 0.4) is 0 Å². The number of nitrogens with one attached hydrogen (secondary N) is 1. The van der Waals surface area contributed by atoms with Gasteiger partial charge in [-0.15, -0.1) is 0 Å². The van der Waals surface area contributed by atoms with Gasteiger partial charge in [0.05, 0.1) is 12.2 Å². The third-order valence-electron chi connectivity index (χ3n) is 3.31. The second-order valence-corrected chi connectivity index (χ2v) is 4.60. The molecule has 2 aromatic rings. The maximum absolute atomic E-state index is 12.3. The molecule has 0 bridgehead atoms. The van der Waals surface area contributed by atoms with E-state index < -0.39 is 0 Å². The van der Waals surface area contributed by atoms with E-state index in [0.29, 0.717) is 18.1 Å². The molecule has 21 heavy (non-hydrogen) atoms. The molecule has 0 amide bonds. The highest BCUT2D eigenvalue weighted by atomic mass is 16.5. The van der Waals surface area contributed by atoms with Gasteiger partial charge in [-0.05, 0) is 31.5 Å². The zero-order chi connectivity index (χ0) is 14.8. The molecule has 3 rings (SSSR count). The minimum atomic E-state index is -0.370. The van der Waals surface area contributed by atoms with Crippen LogP contribution in [0, 0.1) is 0 Å². The third-order valence-corrected chi connectivity index (χ3v) is 3.31. The lowest BCUT2D eigenvalue weighted by atomic mass is 9.97. The number of nitrogens with zero attached hydrogens (tertiary/aromatic N) is 4. The van der Waals surface area contributed by atoms with Crippen LogP contribution in [-0.4, -0.2) is 32.3 Å². The second kappa shape index (κ2) is 5.35. The molecule has 1 atom stereocenters. The van der Waals surface area contributed by atoms with Crippen molar-refractivity contribution in [2.24, 2.45) is 0 Å². The van der Waals surface area contributed by atoms with Gasteiger partial charge >= 0.3 is 5.97 Å². The lowest BCUT2D eigenvalue weighted by Gasteiger charge is -2.27. The number of carbonyl (C=O) groups is 1. The summed E-state index contributed by atoms with van der Waals surface area (Å²) in [6.07, 6.45) is 4.83. The van der Waals surface area contributed by atoms with Gasteiger partial charge in [0.15, 0.2) is 0 Å². The quantitative estimate of drug-likeness (QED) is 0.861. The maximum Gasteiger partial charge on any atom is 0.338 e. The molecule has 2 aromatic heterocycles. The number of hydrogen-bond acceptors (Lipinski definition) is 6. The van der Waals surface area contributed by atoms with E-state index in [1.807, 2.05) is 19.1 Å². The van der Waals surface area contributed by atoms with E-state index in [0.717, 1.165) is 11.3 Å². The SMILES string of the molecule is CCOC(=O)C1=C(C)Nc2ncnn2[C@H]1c1ccncc1. The maximum atomic E-state index is 12.3. The van der Waals surface area contributed by atoms with E-state index in [-0.39, 0.29) is 12.0 Å². The standard InChI is InChI=1S/C14H15N5O2/c1-3-21-13(20)11-9(2)18-14-16-8-17-19(14)12(11)10-4-6-15-7-5-10/h4-8,12H,3H2,1-2H3,(H,16,17,18)/t12-/m0/s1. The number of carbonyl (C=O) groups excluding carboxylic acids is 1. The number of allylic oxidation sites excluding steroid dienone is 1. The number of hydrogen-bond donors (Lipinski definition) is 1. The zero-order valence-electron chi connectivity index (χ0n) is 11.8. The molecule has 7 nitrogen and oxygen atoms in total. The van der Waals surface area contributed by atoms with Gasteiger partial charge in [0, 0.05) is 18.1 Å². The third kappa shape index (κ3) is 2.26. The first kappa shape index (κ1) is 13.3. The van der Waals surface area contributed by atoms with Crippen LogP contribution in [0.25, 0.3) is 0 Å². The fraction of sp³-hybridized carbons (Fsp3) is 0.286. The summed E-state index contributed by atoms with van der Waals surface area (Å²) in [6, 6.07) is 3.34. The summed E-state index contributed by atoms with van der Waals surface area (Å²) in [4.78, 5) is 20.5. The first-order chi connectivity index (χ1) is 10.2. The molecule has 0 fully saturated rings. The molecule has 0 unspecified atom stereocenters. The summed E-state index contributed by atoms with van der Waals surface area (Å²) >= 11 is 0. The van der Waals surface area contributed by atoms with Gasteiger partial charge in [0.25, 0.3) is 0 Å². The number of esters is 1. The second-order valence-electron chi connectivity index (χ2n) is 4.60. The summed E-state index contributed by atoms with van der Waals surface area (Å²) in [5.41, 5.74) is 2.15. The van der Waals surface area contributed by atoms with Crippen LogP contribution in [0.5, 0.6) is 0 Å². The molecule has 0 spiro atoms. The van der Waals surface area contributed by atoms with Crippen molar-refractivity contribution in [3.8, 4) is 0 Å². The number of fused-ring (bicyclic) bond motifs is 1. The Bertz CT molecular complexity index is 692. The number of anilines is 1. The summed E-state index contributed by atoms with van der Waals surface area (Å²) in [5.74, 6) is 0.243. The van der Waals surface area contributed by atoms with E-state index in [9.17, 15) is 4.79 Å². The van der Waals surface area contributed by atoms with Crippen LogP contribution in [0.1, 0.15) is 25.5 Å². The van der Waals surface area contributed by atoms with Gasteiger partial charge in [-0.2, -0.15) is 10.1 Å². The molecule has 0 aromatic carbocycles. The smallest absolute Gasteiger partial charge is 0.338 e. The Kier molecular flexibility index (Phi) is 3.39. The van der Waals surface area contributed by atoms with E-state index in [1.54, 1.807) is 24.0 Å². The van der Waals surface area contributed by atoms with Crippen molar-refractivity contribution in [1.29, 1.82) is 0 Å². The molecule has 0 saturated carbocycles. The van der Waals surface area contributed by atoms with E-state index >= 15 is 0 Å². The molecule has 7 heteroatoms. The molecule has 0 radical (unpaired) electrons. The van der Waals surface area contributed by atoms with E-state index in [2.05, 4.69) is 20.4 Å². The number of ether oxygens (including phenoxy) is 1. The van der Waals surface area contributed by atoms with Crippen molar-refractivity contribution in [3.05, 3.63) is 47.7 Å². The number of aromatic nitrogens is 4. The first-order valence-corrected chi connectivity index (χ1v) is 6.66. The average Bonchev–Trinajstić information content (AvgIpc) is 2.94. The van der Waals surface area contributed by atoms with Crippen LogP contribution in [0.2, 0.25) is 0 Å². The molecule has 0 aliphatic carbocycles. The summed E-state index contributed by atoms with van der Waals surface area (Å²) in [5, 5.41) is 7.30. The van der Waals surface area contributed by atoms with Gasteiger partial charge in [-0.3, -0.25) is 4.98 Å². The number of rotatable bonds is 3. The van der Waals surface area contributed by atoms with Crippen LogP contribution in [0.15, 0.2) is 42.1 Å². The highest BCUT2D eigenvalue weighted by molar-refractivity contribution is 5.92. The van der Waals surface area contributed by atoms with Crippen molar-refractivity contribution in [1.82, 2.24) is 19.7 Å². The first-order valence-electron chi connectivity index (χ1n) is 6.66. The Morgan fingerprint density at radius 2 is 2.19 bits per heavy atom. The Balaban J connectivity index is 2.13. The van der Waals surface area contributed by atoms with Gasteiger partial charge in [0.2, 0.25) is 5.95 Å². The van der Waals surface area contributed by atoms with Crippen LogP contribution in [0.4, 0.5) is 5.95 Å². The van der Waals surface area contributed by atoms with Crippen LogP contribution < -0.4 is 5.32 Å². The molecule has 1 aliphatic rings. The van der Waals surface area contributed by atoms with Crippen molar-refractivity contribution in [2.45, 2.75) is 19.9 Å². The fourth-order valence-electron chi connectivity index (χ4n) is 2.42. The highest BCUT2D eigenvalue weighted by Crippen LogP contribution is 2.34. The van der Waals surface area contributed by atoms with Crippen molar-refractivity contribution in [2.75, 3.05) is 11.9 Å². The molecule has 1 N–H and O–H groups in total. The molecule has 3 heterocycles. The molecular weight excluding hydrogens is 270 g/mol. The van der Waals surface area contributed by atoms with Crippen LogP contribution in [-0.2, 0) is 9.53 Å². The topological polar surface area (TPSA) is 81.9 Å². The van der Waals surface area contributed by atoms with Gasteiger partial charge < -0.3 is 10.1 Å². The molecular formula is C14H15N5O2. The monoisotopic (exact) mass is 285 g/mol. The lowest BCUT2D eigenvalue weighted by Crippen LogP contribution is -2.29. The van der Waals surface area contributed by atoms with E-state index in [1.165, 1.54) is 6.33 Å². The summed E-state index contributed by atoms with van der Waals surface area (Å²) in [7, 11) is 0. The van der Waals surface area contributed by atoms with Gasteiger partial charge in [0.1, 0.15) is 12.4 Å². The predicted octanol–water partition coefficient (Wildman–Crippen LogP) is 1.53. The Morgan fingerprint density at radius 1 is 1.43 bits per heavy atom. The van der Waals surface area contributed by atoms with Crippen LogP contribution >= 0.6 is 0 Å². The number of pyridine rings is 1. The summed E-state index contributed by atoms with van der Waals surface area (Å²) in [6.45, 7) is 3.94. The average molecular weight is 285 g/mol. The van der Waals surface area contributed by atoms with Gasteiger partial charge in [-0.1, -0.05) is 0 Å². The molecule has 108 valence electrons. The van der Waals surface area contributed by atoms with Crippen molar-refractivity contribution < 1.29 is 9.53 Å². The van der Waals surface area contributed by atoms with E-state index in [4.69, 9.17) is 4.74 Å². The predicted molar refractivity (Wildman–Crippen MR) is 75.4 cm³/mol. The lowest BCUT2D eigenvalue weighted by molar-refractivity contribution is -0.139. The molecule has 1 aliphatic heterocycles. The Labute approximate surface area is 121 Å². The van der Waals surface area contributed by atoms with Crippen molar-refractivity contribution in [3.63, 3.8) is 0 Å².